The Balaban J connectivity index is 2.56. The second-order valence-corrected chi connectivity index (χ2v) is 5.61. The Labute approximate surface area is 107 Å². The van der Waals surface area contributed by atoms with Crippen molar-refractivity contribution in [1.29, 1.82) is 0 Å². The molecule has 1 aromatic rings. The van der Waals surface area contributed by atoms with Gasteiger partial charge in [0, 0.05) is 17.3 Å². The molecule has 0 aliphatic rings. The molecule has 1 N–H and O–H groups in total. The molecule has 0 bridgehead atoms. The van der Waals surface area contributed by atoms with E-state index in [9.17, 15) is 9.90 Å². The Morgan fingerprint density at radius 1 is 1.47 bits per heavy atom. The Kier molecular flexibility index (Phi) is 5.65. The zero-order valence-electron chi connectivity index (χ0n) is 10.7. The quantitative estimate of drug-likeness (QED) is 0.849. The minimum absolute atomic E-state index is 0.120. The zero-order valence-corrected chi connectivity index (χ0v) is 11.5. The SMILES string of the molecule is CC(O)CCC(=O)N(Cc1cccs1)C(C)C. The van der Waals surface area contributed by atoms with E-state index in [1.807, 2.05) is 36.3 Å². The average molecular weight is 255 g/mol. The monoisotopic (exact) mass is 255 g/mol. The van der Waals surface area contributed by atoms with Crippen LogP contribution in [0.15, 0.2) is 17.5 Å². The summed E-state index contributed by atoms with van der Waals surface area (Å²) in [6, 6.07) is 4.24. The summed E-state index contributed by atoms with van der Waals surface area (Å²) >= 11 is 1.67. The Bertz CT molecular complexity index is 333. The van der Waals surface area contributed by atoms with Gasteiger partial charge in [0.25, 0.3) is 0 Å². The number of aliphatic hydroxyl groups excluding tert-OH is 1. The second kappa shape index (κ2) is 6.77. The maximum Gasteiger partial charge on any atom is 0.223 e. The topological polar surface area (TPSA) is 40.5 Å². The molecule has 1 aromatic heterocycles. The summed E-state index contributed by atoms with van der Waals surface area (Å²) in [6.45, 7) is 6.43. The first-order valence-electron chi connectivity index (χ1n) is 6.00. The van der Waals surface area contributed by atoms with E-state index in [1.165, 1.54) is 4.88 Å². The third-order valence-corrected chi connectivity index (χ3v) is 3.49. The van der Waals surface area contributed by atoms with Crippen molar-refractivity contribution in [3.8, 4) is 0 Å². The van der Waals surface area contributed by atoms with Crippen LogP contribution in [0.2, 0.25) is 0 Å². The van der Waals surface area contributed by atoms with Gasteiger partial charge in [0.1, 0.15) is 0 Å². The third-order valence-electron chi connectivity index (χ3n) is 2.63. The van der Waals surface area contributed by atoms with Gasteiger partial charge in [-0.2, -0.15) is 0 Å². The predicted octanol–water partition coefficient (Wildman–Crippen LogP) is 2.65. The normalized spacial score (nSPS) is 12.8. The highest BCUT2D eigenvalue weighted by molar-refractivity contribution is 7.09. The maximum absolute atomic E-state index is 12.0. The summed E-state index contributed by atoms with van der Waals surface area (Å²) in [6.07, 6.45) is 0.544. The van der Waals surface area contributed by atoms with Crippen LogP contribution >= 0.6 is 11.3 Å². The van der Waals surface area contributed by atoms with Crippen molar-refractivity contribution in [2.75, 3.05) is 0 Å². The van der Waals surface area contributed by atoms with Gasteiger partial charge in [-0.15, -0.1) is 11.3 Å². The molecule has 0 saturated carbocycles. The summed E-state index contributed by atoms with van der Waals surface area (Å²) in [5.41, 5.74) is 0. The lowest BCUT2D eigenvalue weighted by Crippen LogP contribution is -2.36. The van der Waals surface area contributed by atoms with E-state index in [1.54, 1.807) is 18.3 Å². The number of thiophene rings is 1. The van der Waals surface area contributed by atoms with Crippen LogP contribution in [0.4, 0.5) is 0 Å². The first-order valence-corrected chi connectivity index (χ1v) is 6.88. The fourth-order valence-corrected chi connectivity index (χ4v) is 2.31. The Hall–Kier alpha value is -0.870. The largest absolute Gasteiger partial charge is 0.393 e. The van der Waals surface area contributed by atoms with Gasteiger partial charge in [-0.25, -0.2) is 0 Å². The van der Waals surface area contributed by atoms with Gasteiger partial charge in [-0.3, -0.25) is 4.79 Å². The lowest BCUT2D eigenvalue weighted by Gasteiger charge is -2.26. The molecule has 17 heavy (non-hydrogen) atoms. The number of hydrogen-bond donors (Lipinski definition) is 1. The molecule has 1 unspecified atom stereocenters. The number of rotatable bonds is 6. The van der Waals surface area contributed by atoms with Gasteiger partial charge in [0.15, 0.2) is 0 Å². The fourth-order valence-electron chi connectivity index (χ4n) is 1.61. The van der Waals surface area contributed by atoms with Crippen LogP contribution in [0.3, 0.4) is 0 Å². The molecule has 0 aliphatic heterocycles. The van der Waals surface area contributed by atoms with Gasteiger partial charge in [0.05, 0.1) is 12.6 Å². The van der Waals surface area contributed by atoms with Crippen molar-refractivity contribution < 1.29 is 9.90 Å². The van der Waals surface area contributed by atoms with Gasteiger partial charge < -0.3 is 10.0 Å². The molecule has 1 amide bonds. The standard InChI is InChI=1S/C13H21NO2S/c1-10(2)14(9-12-5-4-8-17-12)13(16)7-6-11(3)15/h4-5,8,10-11,15H,6-7,9H2,1-3H3. The van der Waals surface area contributed by atoms with Crippen LogP contribution in [0.1, 0.15) is 38.5 Å². The van der Waals surface area contributed by atoms with Gasteiger partial charge in [0.2, 0.25) is 5.91 Å². The number of carbonyl (C=O) groups is 1. The maximum atomic E-state index is 12.0. The van der Waals surface area contributed by atoms with E-state index in [0.29, 0.717) is 19.4 Å². The van der Waals surface area contributed by atoms with E-state index >= 15 is 0 Å². The molecule has 0 fully saturated rings. The van der Waals surface area contributed by atoms with E-state index in [2.05, 4.69) is 0 Å². The van der Waals surface area contributed by atoms with Crippen molar-refractivity contribution in [3.63, 3.8) is 0 Å². The summed E-state index contributed by atoms with van der Waals surface area (Å²) in [5, 5.41) is 11.2. The smallest absolute Gasteiger partial charge is 0.223 e. The lowest BCUT2D eigenvalue weighted by molar-refractivity contribution is -0.134. The first kappa shape index (κ1) is 14.2. The van der Waals surface area contributed by atoms with Crippen molar-refractivity contribution in [3.05, 3.63) is 22.4 Å². The molecule has 1 heterocycles. The highest BCUT2D eigenvalue weighted by atomic mass is 32.1. The summed E-state index contributed by atoms with van der Waals surface area (Å²) in [7, 11) is 0. The van der Waals surface area contributed by atoms with Crippen LogP contribution in [0, 0.1) is 0 Å². The minimum atomic E-state index is -0.408. The van der Waals surface area contributed by atoms with Crippen molar-refractivity contribution in [2.24, 2.45) is 0 Å². The molecular formula is C13H21NO2S. The van der Waals surface area contributed by atoms with E-state index in [-0.39, 0.29) is 11.9 Å². The summed E-state index contributed by atoms with van der Waals surface area (Å²) < 4.78 is 0. The van der Waals surface area contributed by atoms with E-state index in [4.69, 9.17) is 0 Å². The Morgan fingerprint density at radius 3 is 2.65 bits per heavy atom. The molecule has 96 valence electrons. The molecule has 0 saturated heterocycles. The molecular weight excluding hydrogens is 234 g/mol. The van der Waals surface area contributed by atoms with Crippen molar-refractivity contribution in [1.82, 2.24) is 4.90 Å². The number of hydrogen-bond acceptors (Lipinski definition) is 3. The van der Waals surface area contributed by atoms with Crippen LogP contribution < -0.4 is 0 Å². The first-order chi connectivity index (χ1) is 8.00. The minimum Gasteiger partial charge on any atom is -0.393 e. The third kappa shape index (κ3) is 4.88. The number of amides is 1. The van der Waals surface area contributed by atoms with Gasteiger partial charge in [-0.1, -0.05) is 6.07 Å². The Morgan fingerprint density at radius 2 is 2.18 bits per heavy atom. The molecule has 0 radical (unpaired) electrons. The van der Waals surface area contributed by atoms with E-state index in [0.717, 1.165) is 0 Å². The fraction of sp³-hybridized carbons (Fsp3) is 0.615. The van der Waals surface area contributed by atoms with Crippen LogP contribution in [-0.2, 0) is 11.3 Å². The molecule has 1 atom stereocenters. The van der Waals surface area contributed by atoms with Crippen LogP contribution in [-0.4, -0.2) is 28.1 Å². The highest BCUT2D eigenvalue weighted by Gasteiger charge is 2.17. The lowest BCUT2D eigenvalue weighted by atomic mass is 10.2. The van der Waals surface area contributed by atoms with E-state index < -0.39 is 6.10 Å². The van der Waals surface area contributed by atoms with Crippen molar-refractivity contribution >= 4 is 17.2 Å². The molecule has 3 nitrogen and oxygen atoms in total. The molecule has 0 spiro atoms. The molecule has 1 rings (SSSR count). The number of nitrogens with zero attached hydrogens (tertiary/aromatic N) is 1. The molecule has 0 aliphatic carbocycles. The van der Waals surface area contributed by atoms with Gasteiger partial charge >= 0.3 is 0 Å². The van der Waals surface area contributed by atoms with Gasteiger partial charge in [-0.05, 0) is 38.6 Å². The zero-order chi connectivity index (χ0) is 12.8. The molecule has 0 aromatic carbocycles. The van der Waals surface area contributed by atoms with Crippen LogP contribution in [0.5, 0.6) is 0 Å². The summed E-state index contributed by atoms with van der Waals surface area (Å²) in [4.78, 5) is 15.1. The summed E-state index contributed by atoms with van der Waals surface area (Å²) in [5.74, 6) is 0.120. The highest BCUT2D eigenvalue weighted by Crippen LogP contribution is 2.15. The molecule has 4 heteroatoms. The number of carbonyl (C=O) groups excluding carboxylic acids is 1. The van der Waals surface area contributed by atoms with Crippen LogP contribution in [0.25, 0.3) is 0 Å². The number of aliphatic hydroxyl groups is 1. The second-order valence-electron chi connectivity index (χ2n) is 4.58. The predicted molar refractivity (Wildman–Crippen MR) is 70.9 cm³/mol. The average Bonchev–Trinajstić information content (AvgIpc) is 2.74. The van der Waals surface area contributed by atoms with Crippen molar-refractivity contribution in [2.45, 2.75) is 52.3 Å².